The minimum absolute atomic E-state index is 0.197. The predicted octanol–water partition coefficient (Wildman–Crippen LogP) is 1.31. The first-order chi connectivity index (χ1) is 9.52. The van der Waals surface area contributed by atoms with E-state index in [-0.39, 0.29) is 6.04 Å². The summed E-state index contributed by atoms with van der Waals surface area (Å²) in [6, 6.07) is 8.27. The molecule has 110 valence electrons. The van der Waals surface area contributed by atoms with Gasteiger partial charge in [-0.05, 0) is 43.4 Å². The lowest BCUT2D eigenvalue weighted by molar-refractivity contribution is 0.303. The van der Waals surface area contributed by atoms with Gasteiger partial charge in [0.05, 0.1) is 11.4 Å². The van der Waals surface area contributed by atoms with Crippen molar-refractivity contribution >= 4 is 10.0 Å². The number of ether oxygens (including phenoxy) is 1. The van der Waals surface area contributed by atoms with Gasteiger partial charge < -0.3 is 10.1 Å². The number of sulfonamides is 1. The summed E-state index contributed by atoms with van der Waals surface area (Å²) in [6.07, 6.45) is 4.10. The van der Waals surface area contributed by atoms with Crippen LogP contribution < -0.4 is 15.2 Å². The van der Waals surface area contributed by atoms with Crippen molar-refractivity contribution in [2.24, 2.45) is 5.14 Å². The maximum absolute atomic E-state index is 11.3. The molecule has 0 amide bonds. The molecule has 0 spiro atoms. The van der Waals surface area contributed by atoms with Crippen molar-refractivity contribution in [3.63, 3.8) is 0 Å². The molecule has 6 heteroatoms. The van der Waals surface area contributed by atoms with Gasteiger partial charge in [-0.25, -0.2) is 13.6 Å². The number of primary sulfonamides is 1. The Labute approximate surface area is 119 Å². The van der Waals surface area contributed by atoms with Gasteiger partial charge in [0.1, 0.15) is 5.75 Å². The fourth-order valence-corrected chi connectivity index (χ4v) is 3.35. The average molecular weight is 296 g/mol. The monoisotopic (exact) mass is 296 g/mol. The van der Waals surface area contributed by atoms with E-state index >= 15 is 0 Å². The zero-order valence-corrected chi connectivity index (χ0v) is 12.1. The highest BCUT2D eigenvalue weighted by atomic mass is 32.2. The highest BCUT2D eigenvalue weighted by Gasteiger charge is 2.28. The number of benzene rings is 1. The molecule has 0 radical (unpaired) electrons. The van der Waals surface area contributed by atoms with E-state index in [0.29, 0.717) is 19.1 Å². The third-order valence-corrected chi connectivity index (χ3v) is 5.28. The van der Waals surface area contributed by atoms with Crippen LogP contribution in [0, 0.1) is 0 Å². The fourth-order valence-electron chi connectivity index (χ4n) is 2.55. The van der Waals surface area contributed by atoms with Crippen LogP contribution in [0.5, 0.6) is 5.75 Å². The molecule has 2 fully saturated rings. The predicted molar refractivity (Wildman–Crippen MR) is 77.0 cm³/mol. The molecule has 5 nitrogen and oxygen atoms in total. The van der Waals surface area contributed by atoms with Gasteiger partial charge in [-0.2, -0.15) is 0 Å². The van der Waals surface area contributed by atoms with Gasteiger partial charge in [-0.1, -0.05) is 12.1 Å². The highest BCUT2D eigenvalue weighted by molar-refractivity contribution is 7.89. The molecule has 3 N–H and O–H groups in total. The SMILES string of the molecule is NS(=O)(=O)C1CCC(c2ccc(OC3CC3)cc2)NC1. The second-order valence-electron chi connectivity index (χ2n) is 5.64. The molecule has 1 aliphatic heterocycles. The number of piperidine rings is 1. The number of nitrogens with one attached hydrogen (secondary N) is 1. The molecule has 3 rings (SSSR count). The van der Waals surface area contributed by atoms with Gasteiger partial charge in [0.25, 0.3) is 0 Å². The lowest BCUT2D eigenvalue weighted by Crippen LogP contribution is -2.43. The van der Waals surface area contributed by atoms with Crippen molar-refractivity contribution in [2.75, 3.05) is 6.54 Å². The van der Waals surface area contributed by atoms with E-state index in [4.69, 9.17) is 9.88 Å². The quantitative estimate of drug-likeness (QED) is 0.877. The van der Waals surface area contributed by atoms with Crippen LogP contribution in [0.4, 0.5) is 0 Å². The maximum atomic E-state index is 11.3. The summed E-state index contributed by atoms with van der Waals surface area (Å²) in [5.41, 5.74) is 1.17. The Balaban J connectivity index is 1.60. The Morgan fingerprint density at radius 3 is 2.30 bits per heavy atom. The lowest BCUT2D eigenvalue weighted by Gasteiger charge is -2.29. The van der Waals surface area contributed by atoms with Gasteiger partial charge in [0.2, 0.25) is 10.0 Å². The Bertz CT molecular complexity index is 559. The summed E-state index contributed by atoms with van der Waals surface area (Å²) >= 11 is 0. The van der Waals surface area contributed by atoms with Gasteiger partial charge in [0.15, 0.2) is 0 Å². The first-order valence-corrected chi connectivity index (χ1v) is 8.65. The molecule has 0 aromatic heterocycles. The molecule has 1 saturated heterocycles. The molecule has 2 atom stereocenters. The second kappa shape index (κ2) is 5.35. The van der Waals surface area contributed by atoms with Crippen LogP contribution in [0.3, 0.4) is 0 Å². The van der Waals surface area contributed by atoms with Crippen molar-refractivity contribution in [1.29, 1.82) is 0 Å². The molecule has 1 aromatic rings. The van der Waals surface area contributed by atoms with Crippen LogP contribution in [-0.2, 0) is 10.0 Å². The van der Waals surface area contributed by atoms with E-state index in [9.17, 15) is 8.42 Å². The first-order valence-electron chi connectivity index (χ1n) is 7.04. The lowest BCUT2D eigenvalue weighted by atomic mass is 9.97. The van der Waals surface area contributed by atoms with Crippen LogP contribution in [0.1, 0.15) is 37.3 Å². The van der Waals surface area contributed by atoms with E-state index in [1.165, 1.54) is 5.56 Å². The molecular weight excluding hydrogens is 276 g/mol. The molecule has 2 aliphatic rings. The number of rotatable bonds is 4. The Kier molecular flexibility index (Phi) is 3.70. The Hall–Kier alpha value is -1.11. The molecule has 1 aliphatic carbocycles. The summed E-state index contributed by atoms with van der Waals surface area (Å²) < 4.78 is 28.3. The van der Waals surface area contributed by atoms with Crippen molar-refractivity contribution in [1.82, 2.24) is 5.32 Å². The molecule has 2 unspecified atom stereocenters. The van der Waals surface area contributed by atoms with Crippen LogP contribution >= 0.6 is 0 Å². The Morgan fingerprint density at radius 1 is 1.10 bits per heavy atom. The molecule has 0 bridgehead atoms. The Morgan fingerprint density at radius 2 is 1.80 bits per heavy atom. The standard InChI is InChI=1S/C14H20N2O3S/c15-20(17,18)13-7-8-14(16-9-13)10-1-3-11(4-2-10)19-12-5-6-12/h1-4,12-14,16H,5-9H2,(H2,15,17,18). The topological polar surface area (TPSA) is 81.4 Å². The van der Waals surface area contributed by atoms with E-state index < -0.39 is 15.3 Å². The minimum Gasteiger partial charge on any atom is -0.490 e. The fraction of sp³-hybridized carbons (Fsp3) is 0.571. The summed E-state index contributed by atoms with van der Waals surface area (Å²) in [7, 11) is -3.43. The zero-order chi connectivity index (χ0) is 14.2. The summed E-state index contributed by atoms with van der Waals surface area (Å²) in [5.74, 6) is 0.912. The van der Waals surface area contributed by atoms with E-state index in [2.05, 4.69) is 5.32 Å². The van der Waals surface area contributed by atoms with Gasteiger partial charge in [-0.15, -0.1) is 0 Å². The first kappa shape index (κ1) is 13.9. The largest absolute Gasteiger partial charge is 0.490 e. The zero-order valence-electron chi connectivity index (χ0n) is 11.3. The van der Waals surface area contributed by atoms with Crippen molar-refractivity contribution < 1.29 is 13.2 Å². The summed E-state index contributed by atoms with van der Waals surface area (Å²) in [4.78, 5) is 0. The smallest absolute Gasteiger partial charge is 0.213 e. The van der Waals surface area contributed by atoms with Gasteiger partial charge in [-0.3, -0.25) is 0 Å². The summed E-state index contributed by atoms with van der Waals surface area (Å²) in [6.45, 7) is 0.420. The van der Waals surface area contributed by atoms with Crippen LogP contribution in [0.15, 0.2) is 24.3 Å². The second-order valence-corrected chi connectivity index (χ2v) is 7.48. The third-order valence-electron chi connectivity index (χ3n) is 3.94. The van der Waals surface area contributed by atoms with Crippen LogP contribution in [-0.4, -0.2) is 26.3 Å². The number of hydrogen-bond donors (Lipinski definition) is 2. The molecule has 1 aromatic carbocycles. The van der Waals surface area contributed by atoms with Crippen LogP contribution in [0.25, 0.3) is 0 Å². The van der Waals surface area contributed by atoms with Gasteiger partial charge in [0, 0.05) is 12.6 Å². The number of hydrogen-bond acceptors (Lipinski definition) is 4. The van der Waals surface area contributed by atoms with Gasteiger partial charge >= 0.3 is 0 Å². The molecule has 1 heterocycles. The van der Waals surface area contributed by atoms with Crippen LogP contribution in [0.2, 0.25) is 0 Å². The van der Waals surface area contributed by atoms with E-state index in [1.54, 1.807) is 0 Å². The molecule has 20 heavy (non-hydrogen) atoms. The summed E-state index contributed by atoms with van der Waals surface area (Å²) in [5, 5.41) is 7.98. The number of nitrogens with two attached hydrogens (primary N) is 1. The highest BCUT2D eigenvalue weighted by Crippen LogP contribution is 2.29. The van der Waals surface area contributed by atoms with E-state index in [1.807, 2.05) is 24.3 Å². The van der Waals surface area contributed by atoms with Crippen molar-refractivity contribution in [3.05, 3.63) is 29.8 Å². The molecule has 1 saturated carbocycles. The normalized spacial score (nSPS) is 27.2. The van der Waals surface area contributed by atoms with E-state index in [0.717, 1.165) is 25.0 Å². The third kappa shape index (κ3) is 3.31. The van der Waals surface area contributed by atoms with Crippen molar-refractivity contribution in [3.8, 4) is 5.75 Å². The van der Waals surface area contributed by atoms with Crippen molar-refractivity contribution in [2.45, 2.75) is 43.1 Å². The minimum atomic E-state index is -3.43. The molecular formula is C14H20N2O3S. The average Bonchev–Trinajstić information content (AvgIpc) is 3.23. The maximum Gasteiger partial charge on any atom is 0.213 e.